The molecule has 0 unspecified atom stereocenters. The van der Waals surface area contributed by atoms with Gasteiger partial charge >= 0.3 is 0 Å². The Morgan fingerprint density at radius 1 is 0.778 bits per heavy atom. The minimum absolute atomic E-state index is 0.315. The Balaban J connectivity index is 1.66. The van der Waals surface area contributed by atoms with E-state index in [1.54, 1.807) is 25.3 Å². The molecule has 0 fully saturated rings. The summed E-state index contributed by atoms with van der Waals surface area (Å²) in [5.41, 5.74) is 8.11. The van der Waals surface area contributed by atoms with Crippen LogP contribution in [0.5, 0.6) is 11.5 Å². The standard InChI is InChI=1S/C22H18N2O3/c1-26-19-12-11-14(13-20(19)27-2)22(25)24-23-21-17-9-5-3-7-15(17)16-8-4-6-10-18(16)21/h3-13H,1-2H3,(H,24,25). The molecule has 0 saturated heterocycles. The molecule has 0 bridgehead atoms. The van der Waals surface area contributed by atoms with Gasteiger partial charge < -0.3 is 9.47 Å². The molecule has 3 aromatic carbocycles. The van der Waals surface area contributed by atoms with Crippen LogP contribution in [0.1, 0.15) is 21.5 Å². The fourth-order valence-corrected chi connectivity index (χ4v) is 3.26. The molecule has 0 radical (unpaired) electrons. The minimum atomic E-state index is -0.315. The lowest BCUT2D eigenvalue weighted by molar-refractivity contribution is 0.0954. The van der Waals surface area contributed by atoms with Gasteiger partial charge in [-0.2, -0.15) is 5.10 Å². The van der Waals surface area contributed by atoms with Crippen molar-refractivity contribution < 1.29 is 14.3 Å². The summed E-state index contributed by atoms with van der Waals surface area (Å²) in [6, 6.07) is 21.1. The number of hydrazone groups is 1. The summed E-state index contributed by atoms with van der Waals surface area (Å²) in [6.45, 7) is 0. The number of carbonyl (C=O) groups excluding carboxylic acids is 1. The second kappa shape index (κ2) is 6.96. The summed E-state index contributed by atoms with van der Waals surface area (Å²) in [7, 11) is 3.09. The molecule has 0 spiro atoms. The number of hydrogen-bond acceptors (Lipinski definition) is 4. The van der Waals surface area contributed by atoms with Gasteiger partial charge in [0.05, 0.1) is 19.9 Å². The number of methoxy groups -OCH3 is 2. The zero-order valence-electron chi connectivity index (χ0n) is 15.0. The van der Waals surface area contributed by atoms with E-state index in [-0.39, 0.29) is 5.91 Å². The summed E-state index contributed by atoms with van der Waals surface area (Å²) < 4.78 is 10.5. The molecule has 0 aromatic heterocycles. The summed E-state index contributed by atoms with van der Waals surface area (Å²) >= 11 is 0. The Kier molecular flexibility index (Phi) is 4.34. The van der Waals surface area contributed by atoms with E-state index in [0.717, 1.165) is 28.0 Å². The van der Waals surface area contributed by atoms with E-state index in [9.17, 15) is 4.79 Å². The van der Waals surface area contributed by atoms with Crippen molar-refractivity contribution in [3.05, 3.63) is 83.4 Å². The number of benzene rings is 3. The maximum atomic E-state index is 12.6. The molecule has 5 nitrogen and oxygen atoms in total. The van der Waals surface area contributed by atoms with Gasteiger partial charge in [0, 0.05) is 16.7 Å². The lowest BCUT2D eigenvalue weighted by Crippen LogP contribution is -2.20. The first kappa shape index (κ1) is 16.8. The van der Waals surface area contributed by atoms with E-state index in [0.29, 0.717) is 17.1 Å². The van der Waals surface area contributed by atoms with E-state index >= 15 is 0 Å². The van der Waals surface area contributed by atoms with Crippen LogP contribution in [-0.2, 0) is 0 Å². The van der Waals surface area contributed by atoms with Crippen molar-refractivity contribution in [2.45, 2.75) is 0 Å². The van der Waals surface area contributed by atoms with Crippen LogP contribution < -0.4 is 14.9 Å². The molecule has 5 heteroatoms. The molecule has 0 atom stereocenters. The van der Waals surface area contributed by atoms with Crippen molar-refractivity contribution in [2.24, 2.45) is 5.10 Å². The van der Waals surface area contributed by atoms with Crippen LogP contribution in [0.2, 0.25) is 0 Å². The number of nitrogens with zero attached hydrogens (tertiary/aromatic N) is 1. The van der Waals surface area contributed by atoms with Crippen molar-refractivity contribution in [1.29, 1.82) is 0 Å². The molecular weight excluding hydrogens is 340 g/mol. The van der Waals surface area contributed by atoms with E-state index < -0.39 is 0 Å². The van der Waals surface area contributed by atoms with Crippen LogP contribution in [0.25, 0.3) is 11.1 Å². The van der Waals surface area contributed by atoms with Crippen molar-refractivity contribution in [2.75, 3.05) is 14.2 Å². The van der Waals surface area contributed by atoms with Gasteiger partial charge in [0.15, 0.2) is 11.5 Å². The lowest BCUT2D eigenvalue weighted by atomic mass is 10.1. The van der Waals surface area contributed by atoms with E-state index in [2.05, 4.69) is 22.7 Å². The van der Waals surface area contributed by atoms with Gasteiger partial charge in [-0.25, -0.2) is 5.43 Å². The lowest BCUT2D eigenvalue weighted by Gasteiger charge is -2.09. The van der Waals surface area contributed by atoms with E-state index in [1.807, 2.05) is 36.4 Å². The number of amides is 1. The predicted octanol–water partition coefficient (Wildman–Crippen LogP) is 3.87. The van der Waals surface area contributed by atoms with Gasteiger partial charge in [-0.15, -0.1) is 0 Å². The fourth-order valence-electron chi connectivity index (χ4n) is 3.26. The number of hydrogen-bond donors (Lipinski definition) is 1. The second-order valence-electron chi connectivity index (χ2n) is 6.06. The Labute approximate surface area is 157 Å². The second-order valence-corrected chi connectivity index (χ2v) is 6.06. The molecule has 1 aliphatic carbocycles. The number of nitrogens with one attached hydrogen (secondary N) is 1. The third-order valence-electron chi connectivity index (χ3n) is 4.57. The molecule has 4 rings (SSSR count). The monoisotopic (exact) mass is 358 g/mol. The van der Waals surface area contributed by atoms with Crippen molar-refractivity contribution in [3.63, 3.8) is 0 Å². The van der Waals surface area contributed by atoms with Gasteiger partial charge in [-0.3, -0.25) is 4.79 Å². The summed E-state index contributed by atoms with van der Waals surface area (Å²) in [5, 5.41) is 4.43. The maximum absolute atomic E-state index is 12.6. The van der Waals surface area contributed by atoms with Crippen LogP contribution >= 0.6 is 0 Å². The molecule has 0 heterocycles. The average molecular weight is 358 g/mol. The maximum Gasteiger partial charge on any atom is 0.271 e. The fraction of sp³-hybridized carbons (Fsp3) is 0.0909. The van der Waals surface area contributed by atoms with Gasteiger partial charge in [0.25, 0.3) is 5.91 Å². The molecule has 0 aliphatic heterocycles. The normalized spacial score (nSPS) is 11.4. The first-order valence-electron chi connectivity index (χ1n) is 8.52. The summed E-state index contributed by atoms with van der Waals surface area (Å²) in [6.07, 6.45) is 0. The highest BCUT2D eigenvalue weighted by molar-refractivity contribution is 6.24. The highest BCUT2D eigenvalue weighted by Crippen LogP contribution is 2.36. The predicted molar refractivity (Wildman–Crippen MR) is 105 cm³/mol. The Hall–Kier alpha value is -3.60. The number of rotatable bonds is 4. The van der Waals surface area contributed by atoms with Crippen LogP contribution in [0.3, 0.4) is 0 Å². The molecular formula is C22H18N2O3. The van der Waals surface area contributed by atoms with Crippen molar-refractivity contribution in [3.8, 4) is 22.6 Å². The minimum Gasteiger partial charge on any atom is -0.493 e. The molecule has 134 valence electrons. The number of fused-ring (bicyclic) bond motifs is 3. The van der Waals surface area contributed by atoms with E-state index in [4.69, 9.17) is 9.47 Å². The van der Waals surface area contributed by atoms with Crippen LogP contribution in [0.4, 0.5) is 0 Å². The Morgan fingerprint density at radius 3 is 1.89 bits per heavy atom. The number of carbonyl (C=O) groups is 1. The highest BCUT2D eigenvalue weighted by atomic mass is 16.5. The van der Waals surface area contributed by atoms with Crippen LogP contribution in [-0.4, -0.2) is 25.8 Å². The van der Waals surface area contributed by atoms with E-state index in [1.165, 1.54) is 7.11 Å². The molecule has 3 aromatic rings. The largest absolute Gasteiger partial charge is 0.493 e. The van der Waals surface area contributed by atoms with Gasteiger partial charge in [0.2, 0.25) is 0 Å². The van der Waals surface area contributed by atoms with Gasteiger partial charge in [-0.05, 0) is 29.3 Å². The number of ether oxygens (including phenoxy) is 2. The molecule has 27 heavy (non-hydrogen) atoms. The third kappa shape index (κ3) is 2.93. The van der Waals surface area contributed by atoms with Crippen molar-refractivity contribution in [1.82, 2.24) is 5.43 Å². The Morgan fingerprint density at radius 2 is 1.33 bits per heavy atom. The first-order valence-corrected chi connectivity index (χ1v) is 8.52. The van der Waals surface area contributed by atoms with Crippen molar-refractivity contribution >= 4 is 11.6 Å². The van der Waals surface area contributed by atoms with Gasteiger partial charge in [-0.1, -0.05) is 48.5 Å². The zero-order chi connectivity index (χ0) is 18.8. The molecule has 0 saturated carbocycles. The van der Waals surface area contributed by atoms with Gasteiger partial charge in [0.1, 0.15) is 0 Å². The Bertz CT molecular complexity index is 1010. The SMILES string of the molecule is COc1ccc(C(=O)NN=C2c3ccccc3-c3ccccc32)cc1OC. The molecule has 1 N–H and O–H groups in total. The smallest absolute Gasteiger partial charge is 0.271 e. The third-order valence-corrected chi connectivity index (χ3v) is 4.57. The first-order chi connectivity index (χ1) is 13.2. The zero-order valence-corrected chi connectivity index (χ0v) is 15.0. The average Bonchev–Trinajstić information content (AvgIpc) is 3.05. The molecule has 1 aliphatic rings. The topological polar surface area (TPSA) is 59.9 Å². The summed E-state index contributed by atoms with van der Waals surface area (Å²) in [5.74, 6) is 0.749. The highest BCUT2D eigenvalue weighted by Gasteiger charge is 2.24. The quantitative estimate of drug-likeness (QED) is 0.564. The molecule has 1 amide bonds. The van der Waals surface area contributed by atoms with Crippen LogP contribution in [0, 0.1) is 0 Å². The van der Waals surface area contributed by atoms with Crippen LogP contribution in [0.15, 0.2) is 71.8 Å². The summed E-state index contributed by atoms with van der Waals surface area (Å²) in [4.78, 5) is 12.6.